The topological polar surface area (TPSA) is 59.8 Å². The Morgan fingerprint density at radius 3 is 2.41 bits per heavy atom. The predicted molar refractivity (Wildman–Crippen MR) is 125 cm³/mol. The van der Waals surface area contributed by atoms with Crippen molar-refractivity contribution in [3.8, 4) is 5.75 Å². The Bertz CT molecular complexity index is 1450. The van der Waals surface area contributed by atoms with Crippen molar-refractivity contribution in [2.75, 3.05) is 12.0 Å². The zero-order valence-corrected chi connectivity index (χ0v) is 18.4. The van der Waals surface area contributed by atoms with E-state index in [0.29, 0.717) is 28.0 Å². The van der Waals surface area contributed by atoms with E-state index in [1.54, 1.807) is 12.0 Å². The van der Waals surface area contributed by atoms with E-state index < -0.39 is 6.04 Å². The maximum atomic E-state index is 13.7. The molecule has 32 heavy (non-hydrogen) atoms. The van der Waals surface area contributed by atoms with Crippen LogP contribution in [0.5, 0.6) is 5.75 Å². The lowest BCUT2D eigenvalue weighted by molar-refractivity contribution is 0.0971. The molecular weight excluding hydrogens is 402 g/mol. The first-order valence-corrected chi connectivity index (χ1v) is 10.5. The van der Waals surface area contributed by atoms with Gasteiger partial charge in [0.1, 0.15) is 11.3 Å². The monoisotopic (exact) mass is 425 g/mol. The van der Waals surface area contributed by atoms with Crippen molar-refractivity contribution in [2.24, 2.45) is 0 Å². The van der Waals surface area contributed by atoms with Crippen molar-refractivity contribution < 1.29 is 13.9 Å². The molecule has 160 valence electrons. The lowest BCUT2D eigenvalue weighted by atomic mass is 9.97. The molecule has 1 atom stereocenters. The summed E-state index contributed by atoms with van der Waals surface area (Å²) in [6, 6.07) is 18.2. The van der Waals surface area contributed by atoms with Crippen molar-refractivity contribution in [3.63, 3.8) is 0 Å². The Hall–Kier alpha value is -3.86. The number of aryl methyl sites for hydroxylation is 3. The number of nitrogens with zero attached hydrogens (tertiary/aromatic N) is 1. The zero-order valence-electron chi connectivity index (χ0n) is 18.4. The molecule has 2 heterocycles. The van der Waals surface area contributed by atoms with E-state index in [4.69, 9.17) is 9.15 Å². The number of carbonyl (C=O) groups excluding carboxylic acids is 1. The van der Waals surface area contributed by atoms with Crippen LogP contribution >= 0.6 is 0 Å². The summed E-state index contributed by atoms with van der Waals surface area (Å²) >= 11 is 0. The molecule has 0 radical (unpaired) electrons. The first kappa shape index (κ1) is 20.1. The number of benzene rings is 3. The smallest absolute Gasteiger partial charge is 0.295 e. The molecule has 0 aliphatic carbocycles. The minimum Gasteiger partial charge on any atom is -0.497 e. The summed E-state index contributed by atoms with van der Waals surface area (Å²) in [6.45, 7) is 5.90. The molecular formula is C27H23NO4. The summed E-state index contributed by atoms with van der Waals surface area (Å²) in [5.41, 5.74) is 5.14. The molecule has 1 aromatic heterocycles. The van der Waals surface area contributed by atoms with Gasteiger partial charge in [-0.1, -0.05) is 24.3 Å². The fourth-order valence-corrected chi connectivity index (χ4v) is 4.40. The van der Waals surface area contributed by atoms with Crippen LogP contribution in [0.1, 0.15) is 44.4 Å². The number of carbonyl (C=O) groups is 1. The molecule has 1 aliphatic heterocycles. The van der Waals surface area contributed by atoms with E-state index in [2.05, 4.69) is 0 Å². The number of fused-ring (bicyclic) bond motifs is 2. The number of anilines is 1. The average Bonchev–Trinajstić information content (AvgIpc) is 3.08. The number of ether oxygens (including phenoxy) is 1. The van der Waals surface area contributed by atoms with Gasteiger partial charge in [0.05, 0.1) is 24.1 Å². The second kappa shape index (κ2) is 7.38. The van der Waals surface area contributed by atoms with E-state index in [-0.39, 0.29) is 17.1 Å². The third-order valence-corrected chi connectivity index (χ3v) is 6.18. The largest absolute Gasteiger partial charge is 0.497 e. The Balaban J connectivity index is 1.84. The Morgan fingerprint density at radius 1 is 0.906 bits per heavy atom. The van der Waals surface area contributed by atoms with Crippen molar-refractivity contribution in [2.45, 2.75) is 26.8 Å². The first-order valence-electron chi connectivity index (χ1n) is 10.5. The van der Waals surface area contributed by atoms with Gasteiger partial charge in [-0.05, 0) is 79.4 Å². The van der Waals surface area contributed by atoms with Crippen LogP contribution in [0.3, 0.4) is 0 Å². The first-order chi connectivity index (χ1) is 15.4. The molecule has 0 fully saturated rings. The van der Waals surface area contributed by atoms with Gasteiger partial charge in [-0.25, -0.2) is 0 Å². The van der Waals surface area contributed by atoms with Gasteiger partial charge in [0.2, 0.25) is 5.76 Å². The molecule has 3 aromatic carbocycles. The van der Waals surface area contributed by atoms with Crippen LogP contribution in [0.2, 0.25) is 0 Å². The summed E-state index contributed by atoms with van der Waals surface area (Å²) in [6.07, 6.45) is 0. The minimum absolute atomic E-state index is 0.0973. The lowest BCUT2D eigenvalue weighted by Crippen LogP contribution is -2.29. The maximum absolute atomic E-state index is 13.7. The highest BCUT2D eigenvalue weighted by Gasteiger charge is 2.43. The fraction of sp³-hybridized carbons (Fsp3) is 0.185. The van der Waals surface area contributed by atoms with Crippen LogP contribution < -0.4 is 15.1 Å². The number of amides is 1. The summed E-state index contributed by atoms with van der Waals surface area (Å²) in [7, 11) is 1.60. The standard InChI is InChI=1S/C27H23NO4/c1-15-7-5-9-19(11-15)28-24(18-8-6-10-20(14-18)31-4)23-25(29)21-12-16(2)17(3)13-22(21)32-26(23)27(28)30/h5-14,24H,1-4H3. The summed E-state index contributed by atoms with van der Waals surface area (Å²) in [5.74, 6) is 0.431. The van der Waals surface area contributed by atoms with Crippen LogP contribution in [0, 0.1) is 20.8 Å². The third kappa shape index (κ3) is 3.01. The molecule has 0 saturated heterocycles. The highest BCUT2D eigenvalue weighted by molar-refractivity contribution is 6.10. The number of methoxy groups -OCH3 is 1. The predicted octanol–water partition coefficient (Wildman–Crippen LogP) is 5.48. The third-order valence-electron chi connectivity index (χ3n) is 6.18. The molecule has 5 heteroatoms. The van der Waals surface area contributed by atoms with E-state index in [0.717, 1.165) is 22.3 Å². The van der Waals surface area contributed by atoms with Gasteiger partial charge < -0.3 is 9.15 Å². The van der Waals surface area contributed by atoms with Gasteiger partial charge in [0.25, 0.3) is 5.91 Å². The van der Waals surface area contributed by atoms with Gasteiger partial charge in [0, 0.05) is 5.69 Å². The normalized spacial score (nSPS) is 15.3. The van der Waals surface area contributed by atoms with Gasteiger partial charge in [-0.2, -0.15) is 0 Å². The number of rotatable bonds is 3. The molecule has 1 unspecified atom stereocenters. The van der Waals surface area contributed by atoms with Crippen molar-refractivity contribution in [3.05, 3.63) is 104 Å². The van der Waals surface area contributed by atoms with E-state index in [1.165, 1.54) is 0 Å². The van der Waals surface area contributed by atoms with Gasteiger partial charge in [-0.15, -0.1) is 0 Å². The Labute approximate surface area is 185 Å². The van der Waals surface area contributed by atoms with Crippen molar-refractivity contribution in [1.29, 1.82) is 0 Å². The van der Waals surface area contributed by atoms with E-state index in [9.17, 15) is 9.59 Å². The Kier molecular flexibility index (Phi) is 4.63. The summed E-state index contributed by atoms with van der Waals surface area (Å²) in [4.78, 5) is 29.0. The maximum Gasteiger partial charge on any atom is 0.295 e. The molecule has 0 spiro atoms. The van der Waals surface area contributed by atoms with Gasteiger partial charge >= 0.3 is 0 Å². The minimum atomic E-state index is -0.614. The molecule has 5 nitrogen and oxygen atoms in total. The molecule has 4 aromatic rings. The van der Waals surface area contributed by atoms with Gasteiger partial charge in [0.15, 0.2) is 5.43 Å². The van der Waals surface area contributed by atoms with E-state index in [1.807, 2.05) is 81.4 Å². The van der Waals surface area contributed by atoms with Crippen LogP contribution in [0.25, 0.3) is 11.0 Å². The van der Waals surface area contributed by atoms with Crippen LogP contribution in [-0.4, -0.2) is 13.0 Å². The lowest BCUT2D eigenvalue weighted by Gasteiger charge is -2.25. The quantitative estimate of drug-likeness (QED) is 0.436. The van der Waals surface area contributed by atoms with Crippen LogP contribution in [0.15, 0.2) is 69.9 Å². The highest BCUT2D eigenvalue weighted by atomic mass is 16.5. The average molecular weight is 425 g/mol. The van der Waals surface area contributed by atoms with Crippen molar-refractivity contribution >= 4 is 22.6 Å². The number of hydrogen-bond acceptors (Lipinski definition) is 4. The van der Waals surface area contributed by atoms with Crippen molar-refractivity contribution in [1.82, 2.24) is 0 Å². The van der Waals surface area contributed by atoms with E-state index >= 15 is 0 Å². The molecule has 5 rings (SSSR count). The molecule has 1 amide bonds. The molecule has 1 aliphatic rings. The molecule has 0 saturated carbocycles. The SMILES string of the molecule is COc1cccc(C2c3c(oc4cc(C)c(C)cc4c3=O)C(=O)N2c2cccc(C)c2)c1. The zero-order chi connectivity index (χ0) is 22.6. The number of hydrogen-bond donors (Lipinski definition) is 0. The second-order valence-corrected chi connectivity index (χ2v) is 8.30. The van der Waals surface area contributed by atoms with Gasteiger partial charge in [-0.3, -0.25) is 14.5 Å². The second-order valence-electron chi connectivity index (χ2n) is 8.30. The molecule has 0 N–H and O–H groups in total. The van der Waals surface area contributed by atoms with Crippen LogP contribution in [0.4, 0.5) is 5.69 Å². The Morgan fingerprint density at radius 2 is 1.66 bits per heavy atom. The van der Waals surface area contributed by atoms with Crippen LogP contribution in [-0.2, 0) is 0 Å². The highest BCUT2D eigenvalue weighted by Crippen LogP contribution is 2.42. The fourth-order valence-electron chi connectivity index (χ4n) is 4.40. The molecule has 0 bridgehead atoms. The summed E-state index contributed by atoms with van der Waals surface area (Å²) in [5, 5.41) is 0.485. The summed E-state index contributed by atoms with van der Waals surface area (Å²) < 4.78 is 11.5.